The van der Waals surface area contributed by atoms with Crippen LogP contribution >= 0.6 is 15.9 Å². The van der Waals surface area contributed by atoms with Crippen molar-refractivity contribution in [1.29, 1.82) is 5.26 Å². The molecule has 0 radical (unpaired) electrons. The predicted molar refractivity (Wildman–Crippen MR) is 119 cm³/mol. The average molecular weight is 455 g/mol. The molecule has 5 nitrogen and oxygen atoms in total. The molecule has 2 rings (SSSR count). The molecule has 0 heterocycles. The van der Waals surface area contributed by atoms with Crippen molar-refractivity contribution >= 4 is 33.6 Å². The summed E-state index contributed by atoms with van der Waals surface area (Å²) in [5.74, 6) is 0.588. The van der Waals surface area contributed by atoms with Crippen LogP contribution < -0.4 is 14.8 Å². The van der Waals surface area contributed by atoms with Gasteiger partial charge in [0.15, 0.2) is 11.5 Å². The highest BCUT2D eigenvalue weighted by Crippen LogP contribution is 2.37. The first-order valence-electron chi connectivity index (χ1n) is 9.10. The van der Waals surface area contributed by atoms with Crippen molar-refractivity contribution in [2.24, 2.45) is 0 Å². The van der Waals surface area contributed by atoms with Gasteiger partial charge in [-0.2, -0.15) is 5.26 Å². The number of carbonyl (C=O) groups is 1. The molecule has 29 heavy (non-hydrogen) atoms. The summed E-state index contributed by atoms with van der Waals surface area (Å²) in [4.78, 5) is 12.6. The lowest BCUT2D eigenvalue weighted by Gasteiger charge is -2.14. The molecule has 0 bridgehead atoms. The number of hydrogen-bond acceptors (Lipinski definition) is 4. The van der Waals surface area contributed by atoms with Crippen LogP contribution in [0.4, 0.5) is 5.69 Å². The highest BCUT2D eigenvalue weighted by Gasteiger charge is 2.15. The fourth-order valence-electron chi connectivity index (χ4n) is 2.68. The molecule has 1 amide bonds. The van der Waals surface area contributed by atoms with Gasteiger partial charge >= 0.3 is 0 Å². The van der Waals surface area contributed by atoms with E-state index in [1.54, 1.807) is 18.2 Å². The van der Waals surface area contributed by atoms with Crippen LogP contribution in [-0.4, -0.2) is 19.1 Å². The molecular weight excluding hydrogens is 432 g/mol. The summed E-state index contributed by atoms with van der Waals surface area (Å²) in [6, 6.07) is 11.2. The number of amides is 1. The van der Waals surface area contributed by atoms with Gasteiger partial charge in [-0.3, -0.25) is 4.79 Å². The molecule has 0 fully saturated rings. The number of carbonyl (C=O) groups excluding carboxylic acids is 1. The van der Waals surface area contributed by atoms with Gasteiger partial charge in [0.2, 0.25) is 0 Å². The highest BCUT2D eigenvalue weighted by molar-refractivity contribution is 9.10. The number of rotatable bonds is 8. The number of nitrogens with one attached hydrogen (secondary N) is 1. The molecule has 0 spiro atoms. The van der Waals surface area contributed by atoms with Gasteiger partial charge in [0.25, 0.3) is 5.91 Å². The van der Waals surface area contributed by atoms with Crippen LogP contribution in [0, 0.1) is 25.2 Å². The fourth-order valence-corrected chi connectivity index (χ4v) is 3.25. The van der Waals surface area contributed by atoms with Gasteiger partial charge in [-0.15, -0.1) is 0 Å². The van der Waals surface area contributed by atoms with Crippen LogP contribution in [0.25, 0.3) is 6.08 Å². The Hall–Kier alpha value is -3.04. The summed E-state index contributed by atoms with van der Waals surface area (Å²) in [5, 5.41) is 12.3. The zero-order valence-electron chi connectivity index (χ0n) is 16.7. The maximum atomic E-state index is 12.6. The standard InChI is InChI=1S/C23H23BrN2O3/c1-5-9-29-22-19(24)12-17(13-21(22)28-6-2)11-18(14-25)23(27)26-20-8-7-15(3)10-16(20)4/h5,7-8,10-13H,1,6,9H2,2-4H3,(H,26,27)/b18-11-. The Kier molecular flexibility index (Phi) is 8.05. The van der Waals surface area contributed by atoms with E-state index in [9.17, 15) is 10.1 Å². The van der Waals surface area contributed by atoms with Crippen molar-refractivity contribution in [3.05, 3.63) is 69.7 Å². The van der Waals surface area contributed by atoms with Crippen molar-refractivity contribution in [1.82, 2.24) is 0 Å². The number of hydrogen-bond donors (Lipinski definition) is 1. The monoisotopic (exact) mass is 454 g/mol. The van der Waals surface area contributed by atoms with Crippen LogP contribution in [0.3, 0.4) is 0 Å². The Morgan fingerprint density at radius 2 is 2.03 bits per heavy atom. The van der Waals surface area contributed by atoms with Crippen LogP contribution in [0.1, 0.15) is 23.6 Å². The van der Waals surface area contributed by atoms with Gasteiger partial charge < -0.3 is 14.8 Å². The van der Waals surface area contributed by atoms with E-state index < -0.39 is 5.91 Å². The molecule has 0 aliphatic carbocycles. The van der Waals surface area contributed by atoms with E-state index in [0.29, 0.717) is 40.4 Å². The Morgan fingerprint density at radius 1 is 1.28 bits per heavy atom. The lowest BCUT2D eigenvalue weighted by molar-refractivity contribution is -0.112. The van der Waals surface area contributed by atoms with E-state index in [4.69, 9.17) is 9.47 Å². The smallest absolute Gasteiger partial charge is 0.266 e. The largest absolute Gasteiger partial charge is 0.490 e. The third kappa shape index (κ3) is 5.97. The number of halogens is 1. The first-order chi connectivity index (χ1) is 13.9. The van der Waals surface area contributed by atoms with Crippen LogP contribution in [0.5, 0.6) is 11.5 Å². The maximum absolute atomic E-state index is 12.6. The lowest BCUT2D eigenvalue weighted by Crippen LogP contribution is -2.14. The molecule has 2 aromatic carbocycles. The van der Waals surface area contributed by atoms with Crippen LogP contribution in [0.15, 0.2) is 53.0 Å². The highest BCUT2D eigenvalue weighted by atomic mass is 79.9. The molecule has 150 valence electrons. The Morgan fingerprint density at radius 3 is 2.66 bits per heavy atom. The van der Waals surface area contributed by atoms with Crippen LogP contribution in [0.2, 0.25) is 0 Å². The van der Waals surface area contributed by atoms with Gasteiger partial charge in [0, 0.05) is 5.69 Å². The first kappa shape index (κ1) is 22.3. The summed E-state index contributed by atoms with van der Waals surface area (Å²) in [6.07, 6.45) is 3.16. The number of aryl methyl sites for hydroxylation is 2. The van der Waals surface area contributed by atoms with Gasteiger partial charge in [-0.25, -0.2) is 0 Å². The molecule has 0 aliphatic heterocycles. The van der Waals surface area contributed by atoms with Crippen molar-refractivity contribution in [2.45, 2.75) is 20.8 Å². The molecule has 2 aromatic rings. The summed E-state index contributed by atoms with van der Waals surface area (Å²) in [7, 11) is 0. The van der Waals surface area contributed by atoms with E-state index in [-0.39, 0.29) is 5.57 Å². The van der Waals surface area contributed by atoms with E-state index in [1.165, 1.54) is 6.08 Å². The summed E-state index contributed by atoms with van der Waals surface area (Å²) < 4.78 is 12.0. The number of nitrogens with zero attached hydrogens (tertiary/aromatic N) is 1. The third-order valence-electron chi connectivity index (χ3n) is 3.98. The quantitative estimate of drug-likeness (QED) is 0.321. The minimum atomic E-state index is -0.472. The van der Waals surface area contributed by atoms with E-state index in [2.05, 4.69) is 27.8 Å². The predicted octanol–water partition coefficient (Wildman–Crippen LogP) is 5.58. The van der Waals surface area contributed by atoms with Gasteiger partial charge in [-0.1, -0.05) is 30.4 Å². The Balaban J connectivity index is 2.34. The summed E-state index contributed by atoms with van der Waals surface area (Å²) >= 11 is 3.47. The average Bonchev–Trinajstić information content (AvgIpc) is 2.67. The number of benzene rings is 2. The zero-order valence-corrected chi connectivity index (χ0v) is 18.3. The van der Waals surface area contributed by atoms with E-state index >= 15 is 0 Å². The van der Waals surface area contributed by atoms with E-state index in [0.717, 1.165) is 11.1 Å². The molecule has 0 unspecified atom stereocenters. The van der Waals surface area contributed by atoms with Crippen LogP contribution in [-0.2, 0) is 4.79 Å². The zero-order chi connectivity index (χ0) is 21.4. The van der Waals surface area contributed by atoms with Crippen molar-refractivity contribution < 1.29 is 14.3 Å². The molecule has 6 heteroatoms. The van der Waals surface area contributed by atoms with Crippen molar-refractivity contribution in [3.63, 3.8) is 0 Å². The minimum absolute atomic E-state index is 0.0147. The van der Waals surface area contributed by atoms with E-state index in [1.807, 2.05) is 45.0 Å². The normalized spacial score (nSPS) is 10.8. The molecule has 1 N–H and O–H groups in total. The summed E-state index contributed by atoms with van der Waals surface area (Å²) in [6.45, 7) is 10.2. The Bertz CT molecular complexity index is 990. The van der Waals surface area contributed by atoms with Gasteiger partial charge in [0.1, 0.15) is 18.2 Å². The molecule has 0 atom stereocenters. The number of nitriles is 1. The molecule has 0 saturated carbocycles. The SMILES string of the molecule is C=CCOc1c(Br)cc(/C=C(/C#N)C(=O)Nc2ccc(C)cc2C)cc1OCC. The topological polar surface area (TPSA) is 71.3 Å². The molecule has 0 aromatic heterocycles. The van der Waals surface area contributed by atoms with Crippen molar-refractivity contribution in [3.8, 4) is 17.6 Å². The van der Waals surface area contributed by atoms with Crippen molar-refractivity contribution in [2.75, 3.05) is 18.5 Å². The summed E-state index contributed by atoms with van der Waals surface area (Å²) in [5.41, 5.74) is 3.33. The second kappa shape index (κ2) is 10.5. The first-order valence-corrected chi connectivity index (χ1v) is 9.89. The minimum Gasteiger partial charge on any atom is -0.490 e. The van der Waals surface area contributed by atoms with Gasteiger partial charge in [-0.05, 0) is 72.1 Å². The maximum Gasteiger partial charge on any atom is 0.266 e. The lowest BCUT2D eigenvalue weighted by atomic mass is 10.1. The third-order valence-corrected chi connectivity index (χ3v) is 4.57. The van der Waals surface area contributed by atoms with Gasteiger partial charge in [0.05, 0.1) is 11.1 Å². The fraction of sp³-hybridized carbons (Fsp3) is 0.217. The second-order valence-corrected chi connectivity index (χ2v) is 7.16. The Labute approximate surface area is 179 Å². The number of ether oxygens (including phenoxy) is 2. The second-order valence-electron chi connectivity index (χ2n) is 6.30. The number of anilines is 1. The molecule has 0 aliphatic rings. The molecule has 0 saturated heterocycles. The molecular formula is C23H23BrN2O3.